The summed E-state index contributed by atoms with van der Waals surface area (Å²) in [6.45, 7) is 3.73. The highest BCUT2D eigenvalue weighted by atomic mass is 19.3. The molecule has 0 aromatic carbocycles. The number of alkyl halides is 2. The van der Waals surface area contributed by atoms with Crippen molar-refractivity contribution in [2.45, 2.75) is 31.2 Å². The van der Waals surface area contributed by atoms with Crippen LogP contribution < -0.4 is 15.5 Å². The molecule has 0 spiro atoms. The third-order valence-corrected chi connectivity index (χ3v) is 5.67. The monoisotopic (exact) mass is 445 g/mol. The molecule has 0 radical (unpaired) electrons. The molecular weight excluding hydrogens is 420 g/mol. The van der Waals surface area contributed by atoms with E-state index in [9.17, 15) is 18.4 Å². The van der Waals surface area contributed by atoms with E-state index >= 15 is 0 Å². The molecule has 10 heteroatoms. The summed E-state index contributed by atoms with van der Waals surface area (Å²) in [5.41, 5.74) is 0.450. The molecule has 4 heterocycles. The molecule has 2 unspecified atom stereocenters. The third kappa shape index (κ3) is 5.01. The molecule has 32 heavy (non-hydrogen) atoms. The van der Waals surface area contributed by atoms with Gasteiger partial charge in [0.1, 0.15) is 11.5 Å². The number of ether oxygens (including phenoxy) is 1. The number of halogens is 2. The van der Waals surface area contributed by atoms with Gasteiger partial charge in [0.05, 0.1) is 19.1 Å². The highest BCUT2D eigenvalue weighted by molar-refractivity contribution is 5.94. The molecule has 0 aliphatic carbocycles. The highest BCUT2D eigenvalue weighted by Gasteiger charge is 2.32. The quantitative estimate of drug-likeness (QED) is 0.729. The number of carbonyl (C=O) groups is 2. The Bertz CT molecular complexity index is 992. The predicted octanol–water partition coefficient (Wildman–Crippen LogP) is 1.83. The first-order valence-electron chi connectivity index (χ1n) is 10.5. The minimum atomic E-state index is -3.14. The van der Waals surface area contributed by atoms with Crippen LogP contribution in [0.1, 0.15) is 40.9 Å². The lowest BCUT2D eigenvalue weighted by Crippen LogP contribution is -2.50. The van der Waals surface area contributed by atoms with Gasteiger partial charge < -0.3 is 20.3 Å². The number of nitrogens with one attached hydrogen (secondary N) is 2. The van der Waals surface area contributed by atoms with E-state index in [2.05, 4.69) is 25.5 Å². The summed E-state index contributed by atoms with van der Waals surface area (Å²) in [4.78, 5) is 35.4. The second kappa shape index (κ2) is 9.15. The molecule has 8 nitrogen and oxygen atoms in total. The summed E-state index contributed by atoms with van der Waals surface area (Å²) in [5.74, 6) is -3.41. The number of pyridine rings is 2. The van der Waals surface area contributed by atoms with Gasteiger partial charge in [-0.1, -0.05) is 0 Å². The molecule has 4 rings (SSSR count). The number of hydrogen-bond acceptors (Lipinski definition) is 6. The van der Waals surface area contributed by atoms with E-state index in [-0.39, 0.29) is 24.1 Å². The summed E-state index contributed by atoms with van der Waals surface area (Å²) in [6.07, 6.45) is 3.27. The SMILES string of the molecule is CC(F)(F)c1cc(C(=O)NC2CNC(=O)C(c3ccnc(N4CCOCC4)c3)C2)ccn1. The lowest BCUT2D eigenvalue weighted by Gasteiger charge is -2.31. The first-order valence-corrected chi connectivity index (χ1v) is 10.5. The molecule has 2 aromatic heterocycles. The largest absolute Gasteiger partial charge is 0.378 e. The molecule has 2 aliphatic heterocycles. The van der Waals surface area contributed by atoms with Gasteiger partial charge in [0.2, 0.25) is 5.91 Å². The Morgan fingerprint density at radius 2 is 1.97 bits per heavy atom. The van der Waals surface area contributed by atoms with Crippen LogP contribution >= 0.6 is 0 Å². The van der Waals surface area contributed by atoms with Crippen LogP contribution in [-0.4, -0.2) is 60.7 Å². The Kier molecular flexibility index (Phi) is 6.31. The van der Waals surface area contributed by atoms with Crippen LogP contribution in [-0.2, 0) is 15.5 Å². The van der Waals surface area contributed by atoms with E-state index in [1.54, 1.807) is 12.3 Å². The van der Waals surface area contributed by atoms with Crippen molar-refractivity contribution in [2.75, 3.05) is 37.7 Å². The Balaban J connectivity index is 1.46. The zero-order valence-corrected chi connectivity index (χ0v) is 17.7. The van der Waals surface area contributed by atoms with Gasteiger partial charge in [0.15, 0.2) is 0 Å². The van der Waals surface area contributed by atoms with Crippen LogP contribution in [0.3, 0.4) is 0 Å². The highest BCUT2D eigenvalue weighted by Crippen LogP contribution is 2.28. The molecule has 0 bridgehead atoms. The van der Waals surface area contributed by atoms with Crippen molar-refractivity contribution in [1.29, 1.82) is 0 Å². The Morgan fingerprint density at radius 1 is 1.22 bits per heavy atom. The standard InChI is InChI=1S/C22H25F2N5O3/c1-22(23,24)18-10-15(3-4-25-18)20(30)28-16-12-17(21(31)27-13-16)14-2-5-26-19(11-14)29-6-8-32-9-7-29/h2-5,10-11,16-17H,6-9,12-13H2,1H3,(H,27,31)(H,28,30). The fourth-order valence-electron chi connectivity index (χ4n) is 3.92. The molecule has 2 aromatic rings. The van der Waals surface area contributed by atoms with Gasteiger partial charge in [-0.15, -0.1) is 0 Å². The second-order valence-electron chi connectivity index (χ2n) is 8.07. The fourth-order valence-corrected chi connectivity index (χ4v) is 3.92. The smallest absolute Gasteiger partial charge is 0.286 e. The second-order valence-corrected chi connectivity index (χ2v) is 8.07. The molecular formula is C22H25F2N5O3. The number of nitrogens with zero attached hydrogens (tertiary/aromatic N) is 3. The molecule has 2 aliphatic rings. The van der Waals surface area contributed by atoms with Crippen LogP contribution in [0.4, 0.5) is 14.6 Å². The number of carbonyl (C=O) groups excluding carboxylic acids is 2. The summed E-state index contributed by atoms with van der Waals surface area (Å²) < 4.78 is 32.5. The van der Waals surface area contributed by atoms with Crippen molar-refractivity contribution in [3.05, 3.63) is 53.5 Å². The maximum atomic E-state index is 13.5. The molecule has 2 N–H and O–H groups in total. The maximum Gasteiger partial charge on any atom is 0.286 e. The van der Waals surface area contributed by atoms with Gasteiger partial charge in [-0.3, -0.25) is 14.6 Å². The number of hydrogen-bond donors (Lipinski definition) is 2. The lowest BCUT2D eigenvalue weighted by atomic mass is 9.88. The van der Waals surface area contributed by atoms with Gasteiger partial charge in [-0.05, 0) is 36.2 Å². The minimum Gasteiger partial charge on any atom is -0.378 e. The van der Waals surface area contributed by atoms with E-state index < -0.39 is 23.4 Å². The number of anilines is 1. The summed E-state index contributed by atoms with van der Waals surface area (Å²) in [6, 6.07) is 5.84. The van der Waals surface area contributed by atoms with E-state index in [0.29, 0.717) is 19.6 Å². The van der Waals surface area contributed by atoms with Crippen molar-refractivity contribution >= 4 is 17.6 Å². The van der Waals surface area contributed by atoms with E-state index in [0.717, 1.165) is 37.5 Å². The Morgan fingerprint density at radius 3 is 2.72 bits per heavy atom. The van der Waals surface area contributed by atoms with Gasteiger partial charge in [0.25, 0.3) is 11.8 Å². The van der Waals surface area contributed by atoms with E-state index in [1.165, 1.54) is 12.3 Å². The van der Waals surface area contributed by atoms with Crippen LogP contribution in [0.15, 0.2) is 36.7 Å². The third-order valence-electron chi connectivity index (χ3n) is 5.67. The number of aromatic nitrogens is 2. The maximum absolute atomic E-state index is 13.5. The molecule has 170 valence electrons. The van der Waals surface area contributed by atoms with Gasteiger partial charge in [-0.2, -0.15) is 8.78 Å². The van der Waals surface area contributed by atoms with Crippen LogP contribution in [0.25, 0.3) is 0 Å². The summed E-state index contributed by atoms with van der Waals surface area (Å²) in [5, 5.41) is 5.68. The van der Waals surface area contributed by atoms with Crippen LogP contribution in [0.2, 0.25) is 0 Å². The summed E-state index contributed by atoms with van der Waals surface area (Å²) in [7, 11) is 0. The normalized spacial score (nSPS) is 21.7. The Labute approximate surface area is 184 Å². The zero-order chi connectivity index (χ0) is 22.7. The Hall–Kier alpha value is -3.14. The fraction of sp³-hybridized carbons (Fsp3) is 0.455. The van der Waals surface area contributed by atoms with Gasteiger partial charge in [-0.25, -0.2) is 4.98 Å². The average Bonchev–Trinajstić information content (AvgIpc) is 2.80. The lowest BCUT2D eigenvalue weighted by molar-refractivity contribution is -0.124. The topological polar surface area (TPSA) is 96.5 Å². The number of amides is 2. The van der Waals surface area contributed by atoms with Crippen molar-refractivity contribution in [3.8, 4) is 0 Å². The number of rotatable bonds is 5. The molecule has 2 saturated heterocycles. The molecule has 2 amide bonds. The van der Waals surface area contributed by atoms with Crippen molar-refractivity contribution in [3.63, 3.8) is 0 Å². The van der Waals surface area contributed by atoms with Crippen LogP contribution in [0.5, 0.6) is 0 Å². The van der Waals surface area contributed by atoms with Crippen LogP contribution in [0, 0.1) is 0 Å². The molecule has 2 fully saturated rings. The summed E-state index contributed by atoms with van der Waals surface area (Å²) >= 11 is 0. The predicted molar refractivity (Wildman–Crippen MR) is 113 cm³/mol. The van der Waals surface area contributed by atoms with Crippen molar-refractivity contribution < 1.29 is 23.1 Å². The van der Waals surface area contributed by atoms with Gasteiger partial charge >= 0.3 is 0 Å². The van der Waals surface area contributed by atoms with E-state index in [1.807, 2.05) is 6.07 Å². The van der Waals surface area contributed by atoms with Crippen molar-refractivity contribution in [1.82, 2.24) is 20.6 Å². The number of piperidine rings is 1. The molecule has 2 atom stereocenters. The van der Waals surface area contributed by atoms with Crippen molar-refractivity contribution in [2.24, 2.45) is 0 Å². The van der Waals surface area contributed by atoms with E-state index in [4.69, 9.17) is 4.74 Å². The molecule has 0 saturated carbocycles. The number of morpholine rings is 1. The van der Waals surface area contributed by atoms with Gasteiger partial charge in [0, 0.05) is 50.6 Å². The zero-order valence-electron chi connectivity index (χ0n) is 17.7. The first-order chi connectivity index (χ1) is 15.3. The first kappa shape index (κ1) is 22.1. The minimum absolute atomic E-state index is 0.100. The average molecular weight is 445 g/mol.